The first kappa shape index (κ1) is 29.5. The maximum atomic E-state index is 13.2. The van der Waals surface area contributed by atoms with Gasteiger partial charge in [0.2, 0.25) is 5.91 Å². The maximum Gasteiger partial charge on any atom is 0.222 e. The van der Waals surface area contributed by atoms with Crippen molar-refractivity contribution in [2.75, 3.05) is 39.9 Å². The Balaban J connectivity index is 1.26. The monoisotopic (exact) mass is 574 g/mol. The molecule has 0 saturated carbocycles. The molecule has 1 amide bonds. The highest BCUT2D eigenvalue weighted by atomic mass is 35.5. The molecular weight excluding hydrogens is 532 g/mol. The Hall–Kier alpha value is -3.02. The molecular formula is C35H43ClN2O3. The Bertz CT molecular complexity index is 1250. The van der Waals surface area contributed by atoms with E-state index in [9.17, 15) is 4.79 Å². The summed E-state index contributed by atoms with van der Waals surface area (Å²) >= 11 is 6.02. The van der Waals surface area contributed by atoms with Crippen molar-refractivity contribution in [1.82, 2.24) is 9.80 Å². The molecule has 0 aromatic heterocycles. The third-order valence-electron chi connectivity index (χ3n) is 8.88. The Morgan fingerprint density at radius 2 is 1.63 bits per heavy atom. The van der Waals surface area contributed by atoms with Crippen LogP contribution >= 0.6 is 11.6 Å². The third-order valence-corrected chi connectivity index (χ3v) is 9.13. The zero-order valence-electron chi connectivity index (χ0n) is 24.3. The van der Waals surface area contributed by atoms with Gasteiger partial charge < -0.3 is 14.4 Å². The molecule has 2 aliphatic rings. The summed E-state index contributed by atoms with van der Waals surface area (Å²) in [4.78, 5) is 17.8. The molecule has 218 valence electrons. The van der Waals surface area contributed by atoms with Crippen LogP contribution in [-0.4, -0.2) is 55.6 Å². The van der Waals surface area contributed by atoms with E-state index in [-0.39, 0.29) is 11.3 Å². The van der Waals surface area contributed by atoms with Gasteiger partial charge in [0.1, 0.15) is 18.1 Å². The molecule has 0 bridgehead atoms. The van der Waals surface area contributed by atoms with E-state index in [2.05, 4.69) is 46.2 Å². The van der Waals surface area contributed by atoms with Crippen molar-refractivity contribution < 1.29 is 14.3 Å². The number of methoxy groups -OCH3 is 1. The summed E-state index contributed by atoms with van der Waals surface area (Å²) in [7, 11) is 1.71. The Morgan fingerprint density at radius 3 is 2.39 bits per heavy atom. The van der Waals surface area contributed by atoms with E-state index in [0.717, 1.165) is 86.9 Å². The number of hydrogen-bond donors (Lipinski definition) is 0. The van der Waals surface area contributed by atoms with Crippen molar-refractivity contribution in [3.8, 4) is 11.5 Å². The number of para-hydroxylation sites is 1. The van der Waals surface area contributed by atoms with Gasteiger partial charge in [-0.05, 0) is 91.0 Å². The van der Waals surface area contributed by atoms with Gasteiger partial charge in [-0.15, -0.1) is 0 Å². The largest absolute Gasteiger partial charge is 0.497 e. The van der Waals surface area contributed by atoms with E-state index in [1.165, 1.54) is 24.0 Å². The molecule has 2 heterocycles. The van der Waals surface area contributed by atoms with Crippen LogP contribution < -0.4 is 9.47 Å². The van der Waals surface area contributed by atoms with Crippen LogP contribution in [0, 0.1) is 5.41 Å². The second kappa shape index (κ2) is 14.2. The van der Waals surface area contributed by atoms with Crippen LogP contribution in [0.3, 0.4) is 0 Å². The number of halogens is 1. The Kier molecular flexibility index (Phi) is 10.2. The number of ether oxygens (including phenoxy) is 2. The zero-order valence-corrected chi connectivity index (χ0v) is 25.1. The fourth-order valence-electron chi connectivity index (χ4n) is 6.41. The van der Waals surface area contributed by atoms with Crippen molar-refractivity contribution in [3.63, 3.8) is 0 Å². The molecule has 5 rings (SSSR count). The quantitative estimate of drug-likeness (QED) is 0.312. The van der Waals surface area contributed by atoms with Crippen molar-refractivity contribution in [2.24, 2.45) is 5.41 Å². The highest BCUT2D eigenvalue weighted by Gasteiger charge is 2.37. The molecule has 0 N–H and O–H groups in total. The number of carbonyl (C=O) groups excluding carboxylic acids is 1. The van der Waals surface area contributed by atoms with E-state index in [1.807, 2.05) is 36.4 Å². The summed E-state index contributed by atoms with van der Waals surface area (Å²) in [6.45, 7) is 5.12. The van der Waals surface area contributed by atoms with Gasteiger partial charge >= 0.3 is 0 Å². The third kappa shape index (κ3) is 8.27. The second-order valence-electron chi connectivity index (χ2n) is 11.7. The molecule has 1 saturated heterocycles. The van der Waals surface area contributed by atoms with Gasteiger partial charge in [0, 0.05) is 44.2 Å². The lowest BCUT2D eigenvalue weighted by Crippen LogP contribution is -2.48. The highest BCUT2D eigenvalue weighted by molar-refractivity contribution is 6.30. The average molecular weight is 575 g/mol. The van der Waals surface area contributed by atoms with E-state index in [1.54, 1.807) is 7.11 Å². The van der Waals surface area contributed by atoms with Crippen LogP contribution in [0.2, 0.25) is 5.02 Å². The average Bonchev–Trinajstić information content (AvgIpc) is 3.00. The lowest BCUT2D eigenvalue weighted by Gasteiger charge is -2.45. The molecule has 0 unspecified atom stereocenters. The summed E-state index contributed by atoms with van der Waals surface area (Å²) in [5.41, 5.74) is 3.96. The normalized spacial score (nSPS) is 18.0. The van der Waals surface area contributed by atoms with Gasteiger partial charge in [-0.2, -0.15) is 0 Å². The molecule has 0 atom stereocenters. The first-order valence-corrected chi connectivity index (χ1v) is 15.5. The van der Waals surface area contributed by atoms with Crippen LogP contribution in [0.5, 0.6) is 11.5 Å². The first-order valence-electron chi connectivity index (χ1n) is 15.1. The van der Waals surface area contributed by atoms with Gasteiger partial charge in [-0.25, -0.2) is 0 Å². The number of hydrogen-bond acceptors (Lipinski definition) is 4. The molecule has 3 aromatic carbocycles. The van der Waals surface area contributed by atoms with Gasteiger partial charge in [-0.1, -0.05) is 60.5 Å². The lowest BCUT2D eigenvalue weighted by atomic mass is 9.73. The number of aryl methyl sites for hydroxylation is 2. The SMILES string of the molecule is COc1ccc(CN2CCOc3ccccc3CCCCC3(CCN(C(=O)CCc4ccc(Cl)cc4)CC3)C2)cc1. The molecule has 0 radical (unpaired) electrons. The van der Waals surface area contributed by atoms with Crippen molar-refractivity contribution >= 4 is 17.5 Å². The molecule has 3 aromatic rings. The van der Waals surface area contributed by atoms with E-state index >= 15 is 0 Å². The minimum atomic E-state index is 0.206. The topological polar surface area (TPSA) is 42.0 Å². The fraction of sp³-hybridized carbons (Fsp3) is 0.457. The van der Waals surface area contributed by atoms with Crippen LogP contribution in [0.4, 0.5) is 0 Å². The number of likely N-dealkylation sites (tertiary alicyclic amines) is 1. The number of amides is 1. The predicted octanol–water partition coefficient (Wildman–Crippen LogP) is 7.20. The van der Waals surface area contributed by atoms with Gasteiger partial charge in [0.15, 0.2) is 0 Å². The maximum absolute atomic E-state index is 13.2. The van der Waals surface area contributed by atoms with E-state index in [0.29, 0.717) is 13.0 Å². The molecule has 6 heteroatoms. The summed E-state index contributed by atoms with van der Waals surface area (Å²) < 4.78 is 11.7. The predicted molar refractivity (Wildman–Crippen MR) is 166 cm³/mol. The zero-order chi connectivity index (χ0) is 28.5. The Morgan fingerprint density at radius 1 is 0.902 bits per heavy atom. The number of piperidine rings is 1. The lowest BCUT2D eigenvalue weighted by molar-refractivity contribution is -0.133. The number of carbonyl (C=O) groups is 1. The summed E-state index contributed by atoms with van der Waals surface area (Å²) in [5.74, 6) is 2.17. The van der Waals surface area contributed by atoms with Gasteiger partial charge in [0.25, 0.3) is 0 Å². The molecule has 41 heavy (non-hydrogen) atoms. The summed E-state index contributed by atoms with van der Waals surface area (Å²) in [6.07, 6.45) is 8.01. The van der Waals surface area contributed by atoms with E-state index in [4.69, 9.17) is 21.1 Å². The summed E-state index contributed by atoms with van der Waals surface area (Å²) in [6, 6.07) is 24.8. The molecule has 1 spiro atoms. The van der Waals surface area contributed by atoms with Crippen molar-refractivity contribution in [3.05, 3.63) is 94.5 Å². The molecule has 5 nitrogen and oxygen atoms in total. The van der Waals surface area contributed by atoms with Crippen molar-refractivity contribution in [2.45, 2.75) is 57.9 Å². The van der Waals surface area contributed by atoms with Crippen molar-refractivity contribution in [1.29, 1.82) is 0 Å². The first-order chi connectivity index (χ1) is 20.0. The fourth-order valence-corrected chi connectivity index (χ4v) is 6.53. The number of benzene rings is 3. The van der Waals surface area contributed by atoms with Crippen LogP contribution in [-0.2, 0) is 24.2 Å². The van der Waals surface area contributed by atoms with Crippen LogP contribution in [0.15, 0.2) is 72.8 Å². The van der Waals surface area contributed by atoms with Gasteiger partial charge in [0.05, 0.1) is 7.11 Å². The summed E-state index contributed by atoms with van der Waals surface area (Å²) in [5, 5.41) is 0.732. The number of rotatable bonds is 6. The molecule has 0 aliphatic carbocycles. The van der Waals surface area contributed by atoms with E-state index < -0.39 is 0 Å². The standard InChI is InChI=1S/C35H43ClN2O3/c1-40-32-16-11-29(12-17-32)26-37-24-25-41-33-8-3-2-6-30(33)7-4-5-19-35(27-37)20-22-38(23-21-35)34(39)18-13-28-9-14-31(36)15-10-28/h2-3,6,8-12,14-17H,4-5,7,13,18-27H2,1H3. The number of fused-ring (bicyclic) bond motifs is 1. The molecule has 1 fully saturated rings. The van der Waals surface area contributed by atoms with Gasteiger partial charge in [-0.3, -0.25) is 9.69 Å². The second-order valence-corrected chi connectivity index (χ2v) is 12.2. The molecule has 2 aliphatic heterocycles. The van der Waals surface area contributed by atoms with Crippen LogP contribution in [0.25, 0.3) is 0 Å². The number of nitrogens with zero attached hydrogens (tertiary/aromatic N) is 2. The minimum Gasteiger partial charge on any atom is -0.497 e. The Labute approximate surface area is 250 Å². The smallest absolute Gasteiger partial charge is 0.222 e. The highest BCUT2D eigenvalue weighted by Crippen LogP contribution is 2.39. The van der Waals surface area contributed by atoms with Crippen LogP contribution in [0.1, 0.15) is 55.2 Å². The minimum absolute atomic E-state index is 0.206.